The van der Waals surface area contributed by atoms with Gasteiger partial charge in [-0.1, -0.05) is 30.3 Å². The first-order chi connectivity index (χ1) is 11.6. The number of aromatic nitrogens is 1. The molecular formula is C19H22N2O3. The van der Waals surface area contributed by atoms with Gasteiger partial charge < -0.3 is 14.6 Å². The molecular weight excluding hydrogens is 304 g/mol. The molecule has 1 aromatic heterocycles. The zero-order valence-electron chi connectivity index (χ0n) is 13.6. The zero-order valence-corrected chi connectivity index (χ0v) is 13.6. The van der Waals surface area contributed by atoms with Gasteiger partial charge in [-0.15, -0.1) is 0 Å². The number of carboxylic acid groups (broad SMARTS) is 1. The van der Waals surface area contributed by atoms with Crippen LogP contribution in [0, 0.1) is 5.92 Å². The third-order valence-corrected chi connectivity index (χ3v) is 4.59. The molecule has 1 amide bonds. The van der Waals surface area contributed by atoms with E-state index in [1.165, 1.54) is 5.56 Å². The van der Waals surface area contributed by atoms with Crippen molar-refractivity contribution in [3.63, 3.8) is 0 Å². The maximum Gasteiger partial charge on any atom is 0.308 e. The average molecular weight is 326 g/mol. The van der Waals surface area contributed by atoms with Gasteiger partial charge in [0, 0.05) is 25.8 Å². The summed E-state index contributed by atoms with van der Waals surface area (Å²) in [7, 11) is 0. The van der Waals surface area contributed by atoms with Crippen LogP contribution in [0.25, 0.3) is 0 Å². The lowest BCUT2D eigenvalue weighted by Crippen LogP contribution is -2.43. The van der Waals surface area contributed by atoms with E-state index in [9.17, 15) is 14.7 Å². The minimum Gasteiger partial charge on any atom is -0.481 e. The molecule has 0 unspecified atom stereocenters. The number of carboxylic acids is 1. The summed E-state index contributed by atoms with van der Waals surface area (Å²) in [5, 5.41) is 9.19. The van der Waals surface area contributed by atoms with Gasteiger partial charge in [0.1, 0.15) is 5.69 Å². The molecule has 2 aromatic rings. The van der Waals surface area contributed by atoms with Crippen LogP contribution in [0.3, 0.4) is 0 Å². The molecule has 3 rings (SSSR count). The van der Waals surface area contributed by atoms with Crippen molar-refractivity contribution in [1.82, 2.24) is 9.47 Å². The lowest BCUT2D eigenvalue weighted by Gasteiger charge is -2.31. The van der Waals surface area contributed by atoms with Crippen molar-refractivity contribution >= 4 is 11.9 Å². The zero-order chi connectivity index (χ0) is 16.9. The van der Waals surface area contributed by atoms with E-state index >= 15 is 0 Å². The molecule has 0 radical (unpaired) electrons. The fourth-order valence-electron chi connectivity index (χ4n) is 3.22. The molecule has 0 spiro atoms. The summed E-state index contributed by atoms with van der Waals surface area (Å²) in [4.78, 5) is 25.6. The van der Waals surface area contributed by atoms with Crippen molar-refractivity contribution in [3.05, 3.63) is 59.9 Å². The van der Waals surface area contributed by atoms with Crippen molar-refractivity contribution in [2.24, 2.45) is 5.92 Å². The minimum atomic E-state index is -0.813. The maximum absolute atomic E-state index is 12.8. The van der Waals surface area contributed by atoms with Crippen molar-refractivity contribution < 1.29 is 14.7 Å². The topological polar surface area (TPSA) is 62.5 Å². The Labute approximate surface area is 141 Å². The molecule has 1 aliphatic heterocycles. The second kappa shape index (κ2) is 7.34. The molecule has 126 valence electrons. The van der Waals surface area contributed by atoms with Crippen LogP contribution in [0.2, 0.25) is 0 Å². The monoisotopic (exact) mass is 326 g/mol. The molecule has 0 aliphatic carbocycles. The van der Waals surface area contributed by atoms with Crippen LogP contribution in [0.4, 0.5) is 0 Å². The number of hydrogen-bond donors (Lipinski definition) is 1. The smallest absolute Gasteiger partial charge is 0.308 e. The number of hydrogen-bond acceptors (Lipinski definition) is 2. The van der Waals surface area contributed by atoms with Crippen molar-refractivity contribution in [3.8, 4) is 0 Å². The van der Waals surface area contributed by atoms with Gasteiger partial charge in [-0.3, -0.25) is 9.59 Å². The highest BCUT2D eigenvalue weighted by molar-refractivity contribution is 5.93. The highest BCUT2D eigenvalue weighted by atomic mass is 16.4. The number of carbonyl (C=O) groups excluding carboxylic acids is 1. The second-order valence-electron chi connectivity index (χ2n) is 6.25. The van der Waals surface area contributed by atoms with E-state index in [1.807, 2.05) is 41.1 Å². The fraction of sp³-hybridized carbons (Fsp3) is 0.368. The van der Waals surface area contributed by atoms with Gasteiger partial charge in [0.05, 0.1) is 5.92 Å². The van der Waals surface area contributed by atoms with E-state index < -0.39 is 11.9 Å². The molecule has 1 atom stereocenters. The molecule has 1 fully saturated rings. The summed E-state index contributed by atoms with van der Waals surface area (Å²) >= 11 is 0. The maximum atomic E-state index is 12.8. The number of piperidine rings is 1. The van der Waals surface area contributed by atoms with Crippen LogP contribution in [0.1, 0.15) is 28.9 Å². The van der Waals surface area contributed by atoms with Gasteiger partial charge in [-0.2, -0.15) is 0 Å². The number of nitrogens with zero attached hydrogens (tertiary/aromatic N) is 2. The number of aliphatic carboxylic acids is 1. The Balaban J connectivity index is 1.67. The number of amides is 1. The van der Waals surface area contributed by atoms with E-state index in [2.05, 4.69) is 12.1 Å². The Kier molecular flexibility index (Phi) is 4.99. The van der Waals surface area contributed by atoms with Crippen LogP contribution in [-0.2, 0) is 17.8 Å². The van der Waals surface area contributed by atoms with Crippen LogP contribution in [0.15, 0.2) is 48.7 Å². The number of carbonyl (C=O) groups is 2. The number of benzene rings is 1. The first-order valence-electron chi connectivity index (χ1n) is 8.36. The van der Waals surface area contributed by atoms with E-state index in [1.54, 1.807) is 4.90 Å². The highest BCUT2D eigenvalue weighted by Gasteiger charge is 2.29. The summed E-state index contributed by atoms with van der Waals surface area (Å²) < 4.78 is 1.96. The Morgan fingerprint density at radius 1 is 1.12 bits per heavy atom. The molecule has 0 bridgehead atoms. The molecule has 1 aromatic carbocycles. The Hall–Kier alpha value is -2.56. The largest absolute Gasteiger partial charge is 0.481 e. The minimum absolute atomic E-state index is 0.0704. The third kappa shape index (κ3) is 3.67. The summed E-state index contributed by atoms with van der Waals surface area (Å²) in [6, 6.07) is 13.9. The molecule has 5 heteroatoms. The van der Waals surface area contributed by atoms with Gasteiger partial charge in [-0.05, 0) is 37.0 Å². The van der Waals surface area contributed by atoms with Gasteiger partial charge in [0.25, 0.3) is 5.91 Å². The molecule has 1 aliphatic rings. The van der Waals surface area contributed by atoms with Gasteiger partial charge in [-0.25, -0.2) is 0 Å². The van der Waals surface area contributed by atoms with Gasteiger partial charge in [0.15, 0.2) is 0 Å². The van der Waals surface area contributed by atoms with E-state index in [-0.39, 0.29) is 5.91 Å². The summed E-state index contributed by atoms with van der Waals surface area (Å²) in [5.74, 6) is -1.33. The summed E-state index contributed by atoms with van der Waals surface area (Å²) in [6.45, 7) is 1.67. The predicted octanol–water partition coefficient (Wildman–Crippen LogP) is 2.67. The van der Waals surface area contributed by atoms with Crippen molar-refractivity contribution in [2.75, 3.05) is 13.1 Å². The van der Waals surface area contributed by atoms with E-state index in [4.69, 9.17) is 0 Å². The number of aryl methyl sites for hydroxylation is 2. The first-order valence-corrected chi connectivity index (χ1v) is 8.36. The van der Waals surface area contributed by atoms with E-state index in [0.717, 1.165) is 19.4 Å². The van der Waals surface area contributed by atoms with Crippen molar-refractivity contribution in [1.29, 1.82) is 0 Å². The molecule has 0 saturated carbocycles. The van der Waals surface area contributed by atoms with Crippen LogP contribution in [-0.4, -0.2) is 39.5 Å². The van der Waals surface area contributed by atoms with Gasteiger partial charge >= 0.3 is 5.97 Å². The SMILES string of the molecule is O=C(O)[C@H]1CCCN(C(=O)c2cccn2CCc2ccccc2)C1. The predicted molar refractivity (Wildman–Crippen MR) is 90.8 cm³/mol. The fourth-order valence-corrected chi connectivity index (χ4v) is 3.22. The second-order valence-corrected chi connectivity index (χ2v) is 6.25. The third-order valence-electron chi connectivity index (χ3n) is 4.59. The normalized spacial score (nSPS) is 17.7. The van der Waals surface area contributed by atoms with Crippen LogP contribution in [0.5, 0.6) is 0 Å². The Morgan fingerprint density at radius 2 is 1.92 bits per heavy atom. The molecule has 2 heterocycles. The Bertz CT molecular complexity index is 708. The lowest BCUT2D eigenvalue weighted by molar-refractivity contribution is -0.143. The van der Waals surface area contributed by atoms with Gasteiger partial charge in [0.2, 0.25) is 0 Å². The molecule has 1 saturated heterocycles. The standard InChI is InChI=1S/C19H22N2O3/c22-18(21-12-4-8-16(14-21)19(23)24)17-9-5-11-20(17)13-10-15-6-2-1-3-7-15/h1-3,5-7,9,11,16H,4,8,10,12-14H2,(H,23,24)/t16-/m0/s1. The molecule has 5 nitrogen and oxygen atoms in total. The van der Waals surface area contributed by atoms with Crippen molar-refractivity contribution in [2.45, 2.75) is 25.8 Å². The number of likely N-dealkylation sites (tertiary alicyclic amines) is 1. The first kappa shape index (κ1) is 16.3. The number of rotatable bonds is 5. The van der Waals surface area contributed by atoms with Crippen LogP contribution < -0.4 is 0 Å². The lowest BCUT2D eigenvalue weighted by atomic mass is 9.98. The summed E-state index contributed by atoms with van der Waals surface area (Å²) in [6.07, 6.45) is 4.16. The van der Waals surface area contributed by atoms with E-state index in [0.29, 0.717) is 25.2 Å². The average Bonchev–Trinajstić information content (AvgIpc) is 3.09. The summed E-state index contributed by atoms with van der Waals surface area (Å²) in [5.41, 5.74) is 1.87. The quantitative estimate of drug-likeness (QED) is 0.919. The molecule has 24 heavy (non-hydrogen) atoms. The molecule has 1 N–H and O–H groups in total. The van der Waals surface area contributed by atoms with Crippen LogP contribution >= 0.6 is 0 Å². The Morgan fingerprint density at radius 3 is 2.67 bits per heavy atom. The highest BCUT2D eigenvalue weighted by Crippen LogP contribution is 2.19.